The van der Waals surface area contributed by atoms with Gasteiger partial charge in [0, 0.05) is 43.7 Å². The third-order valence-electron chi connectivity index (χ3n) is 5.37. The third-order valence-corrected chi connectivity index (χ3v) is 5.67. The van der Waals surface area contributed by atoms with E-state index in [-0.39, 0.29) is 34.1 Å². The van der Waals surface area contributed by atoms with E-state index in [0.717, 1.165) is 29.7 Å². The number of rotatable bonds is 12. The molecule has 40 heavy (non-hydrogen) atoms. The van der Waals surface area contributed by atoms with Crippen LogP contribution in [0.25, 0.3) is 6.08 Å². The topological polar surface area (TPSA) is 180 Å². The van der Waals surface area contributed by atoms with E-state index in [9.17, 15) is 18.8 Å². The summed E-state index contributed by atoms with van der Waals surface area (Å²) in [6, 6.07) is 5.87. The van der Waals surface area contributed by atoms with Gasteiger partial charge in [-0.1, -0.05) is 11.6 Å². The molecule has 0 aliphatic rings. The number of carboxylic acid groups (broad SMARTS) is 1. The van der Waals surface area contributed by atoms with E-state index in [1.54, 1.807) is 16.9 Å². The van der Waals surface area contributed by atoms with Gasteiger partial charge in [-0.25, -0.2) is 20.0 Å². The maximum Gasteiger partial charge on any atom is 0.337 e. The molecule has 15 heteroatoms. The number of nitrogens with one attached hydrogen (secondary N) is 2. The zero-order valence-electron chi connectivity index (χ0n) is 21.2. The van der Waals surface area contributed by atoms with Crippen molar-refractivity contribution in [2.24, 2.45) is 16.0 Å². The van der Waals surface area contributed by atoms with Gasteiger partial charge in [0.2, 0.25) is 11.8 Å². The predicted octanol–water partition coefficient (Wildman–Crippen LogP) is 2.49. The number of pyridine rings is 1. The number of nitrogens with two attached hydrogens (primary N) is 1. The molecule has 2 amide bonds. The van der Waals surface area contributed by atoms with Gasteiger partial charge in [0.15, 0.2) is 5.82 Å². The van der Waals surface area contributed by atoms with Gasteiger partial charge in [-0.2, -0.15) is 10.2 Å². The normalized spacial score (nSPS) is 11.9. The molecular weight excluding hydrogens is 545 g/mol. The number of amides is 2. The van der Waals surface area contributed by atoms with Gasteiger partial charge in [0.25, 0.3) is 0 Å². The number of aromatic carboxylic acids is 1. The molecule has 208 valence electrons. The Bertz CT molecular complexity index is 1460. The molecule has 0 saturated carbocycles. The van der Waals surface area contributed by atoms with Gasteiger partial charge >= 0.3 is 5.97 Å². The Morgan fingerprint density at radius 3 is 2.70 bits per heavy atom. The molecule has 0 aliphatic carbocycles. The maximum absolute atomic E-state index is 14.8. The van der Waals surface area contributed by atoms with Gasteiger partial charge in [-0.05, 0) is 43.3 Å². The van der Waals surface area contributed by atoms with Crippen LogP contribution in [0.15, 0.2) is 59.0 Å². The Morgan fingerprint density at radius 1 is 1.30 bits per heavy atom. The molecule has 2 heterocycles. The summed E-state index contributed by atoms with van der Waals surface area (Å²) in [5.41, 5.74) is 0.464. The van der Waals surface area contributed by atoms with Crippen molar-refractivity contribution in [3.05, 3.63) is 76.5 Å². The average molecular weight is 570 g/mol. The Labute approximate surface area is 232 Å². The Balaban J connectivity index is 1.84. The van der Waals surface area contributed by atoms with Crippen LogP contribution in [-0.4, -0.2) is 56.8 Å². The van der Waals surface area contributed by atoms with Crippen LogP contribution in [0.5, 0.6) is 0 Å². The lowest BCUT2D eigenvalue weighted by Crippen LogP contribution is -2.45. The molecule has 1 aromatic carbocycles. The largest absolute Gasteiger partial charge is 0.478 e. The summed E-state index contributed by atoms with van der Waals surface area (Å²) in [4.78, 5) is 40.9. The molecule has 13 nitrogen and oxygen atoms in total. The standard InChI is InChI=1S/C25H25ClFN9O4/c1-3-35-11-10-16(34-35)12-19(24(38)33-21-8-4-15(13-30-21)25(39)40)32-22(37)9-5-17-20(36(28)14-31-29-2)7-6-18(26)23(17)27/h4-11,13-14,19H,2-3,12,28H2,1H3,(H,32,37)(H,39,40)(H,30,33,38)/b9-5+,31-14-/t19-/m0/s1. The molecule has 0 unspecified atom stereocenters. The van der Waals surface area contributed by atoms with E-state index < -0.39 is 29.6 Å². The van der Waals surface area contributed by atoms with Gasteiger partial charge in [-0.3, -0.25) is 19.3 Å². The molecule has 3 aromatic rings. The number of halogens is 2. The molecule has 2 aromatic heterocycles. The molecule has 0 aliphatic heterocycles. The number of aromatic nitrogens is 3. The highest BCUT2D eigenvalue weighted by Crippen LogP contribution is 2.28. The highest BCUT2D eigenvalue weighted by molar-refractivity contribution is 6.31. The zero-order chi connectivity index (χ0) is 29.2. The zero-order valence-corrected chi connectivity index (χ0v) is 21.9. The Kier molecular flexibility index (Phi) is 10.2. The molecule has 0 bridgehead atoms. The summed E-state index contributed by atoms with van der Waals surface area (Å²) < 4.78 is 16.5. The highest BCUT2D eigenvalue weighted by Gasteiger charge is 2.23. The van der Waals surface area contributed by atoms with Crippen molar-refractivity contribution in [3.63, 3.8) is 0 Å². The lowest BCUT2D eigenvalue weighted by molar-refractivity contribution is -0.123. The van der Waals surface area contributed by atoms with E-state index in [4.69, 9.17) is 22.6 Å². The molecule has 0 fully saturated rings. The van der Waals surface area contributed by atoms with Crippen LogP contribution >= 0.6 is 11.6 Å². The van der Waals surface area contributed by atoms with Crippen LogP contribution < -0.4 is 21.5 Å². The number of hydrogen-bond donors (Lipinski definition) is 4. The van der Waals surface area contributed by atoms with Crippen LogP contribution in [0.4, 0.5) is 15.9 Å². The molecule has 0 spiro atoms. The van der Waals surface area contributed by atoms with Crippen LogP contribution in [-0.2, 0) is 22.6 Å². The molecule has 1 atom stereocenters. The first-order valence-electron chi connectivity index (χ1n) is 11.6. The number of aryl methyl sites for hydroxylation is 1. The minimum Gasteiger partial charge on any atom is -0.478 e. The number of carboxylic acids is 1. The monoisotopic (exact) mass is 569 g/mol. The van der Waals surface area contributed by atoms with Crippen LogP contribution in [0.2, 0.25) is 5.02 Å². The van der Waals surface area contributed by atoms with Crippen LogP contribution in [0, 0.1) is 5.82 Å². The molecule has 0 saturated heterocycles. The second kappa shape index (κ2) is 13.7. The summed E-state index contributed by atoms with van der Waals surface area (Å²) in [6.07, 6.45) is 6.08. The lowest BCUT2D eigenvalue weighted by atomic mass is 10.1. The number of carbonyl (C=O) groups is 3. The summed E-state index contributed by atoms with van der Waals surface area (Å²) in [7, 11) is 0. The number of nitrogens with zero attached hydrogens (tertiary/aromatic N) is 6. The van der Waals surface area contributed by atoms with Gasteiger partial charge < -0.3 is 15.7 Å². The number of benzene rings is 1. The SMILES string of the molecule is C=N/N=C\N(N)c1ccc(Cl)c(F)c1/C=C/C(=O)N[C@@H](Cc1ccn(CC)n1)C(=O)Nc1ccc(C(=O)O)cn1. The van der Waals surface area contributed by atoms with Crippen molar-refractivity contribution in [2.45, 2.75) is 25.9 Å². The van der Waals surface area contributed by atoms with Crippen LogP contribution in [0.1, 0.15) is 28.5 Å². The van der Waals surface area contributed by atoms with Crippen molar-refractivity contribution < 1.29 is 23.9 Å². The highest BCUT2D eigenvalue weighted by atomic mass is 35.5. The van der Waals surface area contributed by atoms with E-state index in [1.165, 1.54) is 24.3 Å². The summed E-state index contributed by atoms with van der Waals surface area (Å²) in [6.45, 7) is 5.69. The van der Waals surface area contributed by atoms with Crippen molar-refractivity contribution in [1.29, 1.82) is 0 Å². The number of hydrazine groups is 1. The molecule has 5 N–H and O–H groups in total. The maximum atomic E-state index is 14.8. The van der Waals surface area contributed by atoms with Crippen molar-refractivity contribution >= 4 is 60.0 Å². The summed E-state index contributed by atoms with van der Waals surface area (Å²) >= 11 is 5.91. The first-order chi connectivity index (χ1) is 19.1. The van der Waals surface area contributed by atoms with E-state index in [0.29, 0.717) is 12.2 Å². The van der Waals surface area contributed by atoms with Gasteiger partial charge in [0.05, 0.1) is 22.0 Å². The summed E-state index contributed by atoms with van der Waals surface area (Å²) in [5, 5.41) is 26.1. The van der Waals surface area contributed by atoms with Gasteiger partial charge in [-0.15, -0.1) is 5.10 Å². The predicted molar refractivity (Wildman–Crippen MR) is 149 cm³/mol. The quantitative estimate of drug-likeness (QED) is 0.0843. The molecular formula is C25H25ClFN9O4. The number of hydrogen-bond acceptors (Lipinski definition) is 8. The number of carbonyl (C=O) groups excluding carboxylic acids is 2. The van der Waals surface area contributed by atoms with Crippen molar-refractivity contribution in [1.82, 2.24) is 20.1 Å². The fraction of sp³-hybridized carbons (Fsp3) is 0.160. The lowest BCUT2D eigenvalue weighted by Gasteiger charge is -2.17. The fourth-order valence-corrected chi connectivity index (χ4v) is 3.55. The van der Waals surface area contributed by atoms with E-state index in [2.05, 4.69) is 37.6 Å². The number of anilines is 2. The Hall–Kier alpha value is -4.95. The minimum absolute atomic E-state index is 0.0179. The average Bonchev–Trinajstić information content (AvgIpc) is 3.40. The first-order valence-corrected chi connectivity index (χ1v) is 12.0. The third kappa shape index (κ3) is 7.78. The summed E-state index contributed by atoms with van der Waals surface area (Å²) in [5.74, 6) is 2.57. The van der Waals surface area contributed by atoms with Crippen LogP contribution in [0.3, 0.4) is 0 Å². The van der Waals surface area contributed by atoms with Crippen molar-refractivity contribution in [3.8, 4) is 0 Å². The molecule has 0 radical (unpaired) electrons. The molecule has 3 rings (SSSR count). The second-order valence-corrected chi connectivity index (χ2v) is 8.47. The minimum atomic E-state index is -1.17. The first kappa shape index (κ1) is 29.6. The van der Waals surface area contributed by atoms with E-state index in [1.807, 2.05) is 6.92 Å². The second-order valence-electron chi connectivity index (χ2n) is 8.06. The smallest absolute Gasteiger partial charge is 0.337 e. The Morgan fingerprint density at radius 2 is 2.08 bits per heavy atom. The fourth-order valence-electron chi connectivity index (χ4n) is 3.39. The van der Waals surface area contributed by atoms with E-state index >= 15 is 0 Å². The van der Waals surface area contributed by atoms with Crippen molar-refractivity contribution in [2.75, 3.05) is 10.3 Å². The van der Waals surface area contributed by atoms with Gasteiger partial charge in [0.1, 0.15) is 18.2 Å².